The van der Waals surface area contributed by atoms with Gasteiger partial charge in [0.1, 0.15) is 0 Å². The highest BCUT2D eigenvalue weighted by molar-refractivity contribution is 5.32. The zero-order valence-electron chi connectivity index (χ0n) is 14.9. The van der Waals surface area contributed by atoms with Crippen LogP contribution in [0, 0.1) is 0 Å². The van der Waals surface area contributed by atoms with E-state index in [-0.39, 0.29) is 10.8 Å². The molecule has 124 valence electrons. The maximum absolute atomic E-state index is 5.40. The molecule has 0 fully saturated rings. The van der Waals surface area contributed by atoms with Gasteiger partial charge in [-0.2, -0.15) is 0 Å². The van der Waals surface area contributed by atoms with E-state index in [0.29, 0.717) is 11.5 Å². The van der Waals surface area contributed by atoms with Crippen molar-refractivity contribution in [3.8, 4) is 11.5 Å². The van der Waals surface area contributed by atoms with Crippen LogP contribution in [-0.4, -0.2) is 0 Å². The van der Waals surface area contributed by atoms with E-state index < -0.39 is 0 Å². The molecule has 0 aliphatic heterocycles. The van der Waals surface area contributed by atoms with Gasteiger partial charge in [-0.3, -0.25) is 0 Å². The number of nitrogens with one attached hydrogen (secondary N) is 1. The molecule has 0 amide bonds. The van der Waals surface area contributed by atoms with Crippen LogP contribution in [0.25, 0.3) is 0 Å². The second-order valence-electron chi connectivity index (χ2n) is 7.84. The molecular weight excluding hydrogens is 286 g/mol. The Morgan fingerprint density at radius 2 is 0.870 bits per heavy atom. The Hall–Kier alpha value is -2.00. The Labute approximate surface area is 139 Å². The summed E-state index contributed by atoms with van der Waals surface area (Å²) in [6.45, 7) is 13.1. The van der Waals surface area contributed by atoms with Gasteiger partial charge in [-0.05, 0) is 46.2 Å². The fraction of sp³-hybridized carbons (Fsp3) is 0.400. The minimum atomic E-state index is 0.136. The van der Waals surface area contributed by atoms with E-state index in [1.54, 1.807) is 0 Å². The van der Waals surface area contributed by atoms with Crippen LogP contribution in [0.1, 0.15) is 52.7 Å². The van der Waals surface area contributed by atoms with Crippen molar-refractivity contribution in [1.82, 2.24) is 5.64 Å². The summed E-state index contributed by atoms with van der Waals surface area (Å²) >= 11 is 0. The first-order chi connectivity index (χ1) is 10.7. The van der Waals surface area contributed by atoms with Crippen LogP contribution in [0.4, 0.5) is 0 Å². The van der Waals surface area contributed by atoms with Gasteiger partial charge in [0.25, 0.3) is 0 Å². The van der Waals surface area contributed by atoms with Crippen molar-refractivity contribution in [2.75, 3.05) is 0 Å². The molecule has 0 radical (unpaired) electrons. The third-order valence-electron chi connectivity index (χ3n) is 3.76. The Kier molecular flexibility index (Phi) is 5.00. The van der Waals surface area contributed by atoms with Crippen LogP contribution >= 0.6 is 0 Å². The molecule has 23 heavy (non-hydrogen) atoms. The first-order valence-electron chi connectivity index (χ1n) is 7.96. The van der Waals surface area contributed by atoms with Gasteiger partial charge in [-0.1, -0.05) is 65.8 Å². The van der Waals surface area contributed by atoms with Crippen LogP contribution in [0.5, 0.6) is 11.5 Å². The second-order valence-corrected chi connectivity index (χ2v) is 7.84. The molecule has 0 unspecified atom stereocenters. The van der Waals surface area contributed by atoms with E-state index in [2.05, 4.69) is 71.5 Å². The van der Waals surface area contributed by atoms with E-state index in [1.807, 2.05) is 24.3 Å². The fourth-order valence-corrected chi connectivity index (χ4v) is 2.16. The quantitative estimate of drug-likeness (QED) is 0.791. The average molecular weight is 313 g/mol. The van der Waals surface area contributed by atoms with Crippen molar-refractivity contribution in [3.05, 3.63) is 59.7 Å². The topological polar surface area (TPSA) is 30.5 Å². The summed E-state index contributed by atoms with van der Waals surface area (Å²) in [6, 6.07) is 16.0. The molecule has 0 saturated carbocycles. The summed E-state index contributed by atoms with van der Waals surface area (Å²) in [6.07, 6.45) is 0. The first-order valence-corrected chi connectivity index (χ1v) is 7.96. The van der Waals surface area contributed by atoms with Gasteiger partial charge in [0.05, 0.1) is 0 Å². The third-order valence-corrected chi connectivity index (χ3v) is 3.76. The summed E-state index contributed by atoms with van der Waals surface area (Å²) in [5.74, 6) is 1.42. The van der Waals surface area contributed by atoms with Gasteiger partial charge in [0.2, 0.25) is 0 Å². The molecule has 0 heterocycles. The van der Waals surface area contributed by atoms with Gasteiger partial charge < -0.3 is 9.68 Å². The molecule has 0 aliphatic carbocycles. The van der Waals surface area contributed by atoms with Gasteiger partial charge >= 0.3 is 0 Å². The lowest BCUT2D eigenvalue weighted by molar-refractivity contribution is -0.0192. The minimum Gasteiger partial charge on any atom is -0.374 e. The molecular formula is C20H27NO2. The highest BCUT2D eigenvalue weighted by Gasteiger charge is 2.14. The fourth-order valence-electron chi connectivity index (χ4n) is 2.16. The lowest BCUT2D eigenvalue weighted by Gasteiger charge is -2.19. The molecule has 2 aromatic carbocycles. The average Bonchev–Trinajstić information content (AvgIpc) is 2.46. The highest BCUT2D eigenvalue weighted by atomic mass is 16.9. The van der Waals surface area contributed by atoms with Crippen LogP contribution < -0.4 is 15.3 Å². The zero-order valence-corrected chi connectivity index (χ0v) is 14.9. The summed E-state index contributed by atoms with van der Waals surface area (Å²) in [4.78, 5) is 10.8. The maximum Gasteiger partial charge on any atom is 0.151 e. The van der Waals surface area contributed by atoms with Gasteiger partial charge in [0, 0.05) is 5.64 Å². The Balaban J connectivity index is 1.87. The van der Waals surface area contributed by atoms with Crippen LogP contribution in [0.3, 0.4) is 0 Å². The minimum absolute atomic E-state index is 0.136. The molecule has 0 bridgehead atoms. The van der Waals surface area contributed by atoms with Gasteiger partial charge in [-0.25, -0.2) is 0 Å². The molecule has 2 aromatic rings. The zero-order chi connectivity index (χ0) is 17.1. The van der Waals surface area contributed by atoms with Crippen LogP contribution in [-0.2, 0) is 10.8 Å². The summed E-state index contributed by atoms with van der Waals surface area (Å²) in [7, 11) is 0. The summed E-state index contributed by atoms with van der Waals surface area (Å²) in [5.41, 5.74) is 5.34. The summed E-state index contributed by atoms with van der Waals surface area (Å²) < 4.78 is 0. The molecule has 3 nitrogen and oxygen atoms in total. The van der Waals surface area contributed by atoms with Crippen molar-refractivity contribution in [3.63, 3.8) is 0 Å². The Bertz CT molecular complexity index is 559. The smallest absolute Gasteiger partial charge is 0.151 e. The van der Waals surface area contributed by atoms with Gasteiger partial charge in [0.15, 0.2) is 11.5 Å². The molecule has 0 spiro atoms. The van der Waals surface area contributed by atoms with Gasteiger partial charge in [-0.15, -0.1) is 0 Å². The lowest BCUT2D eigenvalue weighted by Crippen LogP contribution is -2.22. The predicted octanol–water partition coefficient (Wildman–Crippen LogP) is 5.16. The number of rotatable bonds is 4. The standard InChI is InChI=1S/C20H27NO2/c1-19(2,3)15-7-11-17(12-8-15)22-21-23-18-13-9-16(10-14-18)20(4,5)6/h7-14,21H,1-6H3. The maximum atomic E-state index is 5.40. The Morgan fingerprint density at radius 1 is 0.565 bits per heavy atom. The second kappa shape index (κ2) is 6.63. The summed E-state index contributed by atoms with van der Waals surface area (Å²) in [5, 5.41) is 0. The highest BCUT2D eigenvalue weighted by Crippen LogP contribution is 2.25. The normalized spacial score (nSPS) is 12.1. The molecule has 0 aromatic heterocycles. The van der Waals surface area contributed by atoms with Crippen molar-refractivity contribution < 1.29 is 9.68 Å². The van der Waals surface area contributed by atoms with E-state index in [0.717, 1.165) is 0 Å². The number of hydrogen-bond acceptors (Lipinski definition) is 3. The third kappa shape index (κ3) is 5.00. The molecule has 0 atom stereocenters. The van der Waals surface area contributed by atoms with Crippen molar-refractivity contribution in [2.24, 2.45) is 0 Å². The van der Waals surface area contributed by atoms with E-state index >= 15 is 0 Å². The van der Waals surface area contributed by atoms with E-state index in [1.165, 1.54) is 11.1 Å². The first kappa shape index (κ1) is 17.4. The van der Waals surface area contributed by atoms with E-state index in [4.69, 9.17) is 9.68 Å². The number of hydrogen-bond donors (Lipinski definition) is 1. The van der Waals surface area contributed by atoms with Crippen molar-refractivity contribution in [1.29, 1.82) is 0 Å². The molecule has 0 aliphatic rings. The monoisotopic (exact) mass is 313 g/mol. The molecule has 3 heteroatoms. The predicted molar refractivity (Wildman–Crippen MR) is 94.7 cm³/mol. The lowest BCUT2D eigenvalue weighted by atomic mass is 9.87. The van der Waals surface area contributed by atoms with E-state index in [9.17, 15) is 0 Å². The van der Waals surface area contributed by atoms with Crippen molar-refractivity contribution >= 4 is 0 Å². The molecule has 0 saturated heterocycles. The Morgan fingerprint density at radius 3 is 1.13 bits per heavy atom. The van der Waals surface area contributed by atoms with Crippen LogP contribution in [0.15, 0.2) is 48.5 Å². The largest absolute Gasteiger partial charge is 0.374 e. The van der Waals surface area contributed by atoms with Crippen LogP contribution in [0.2, 0.25) is 0 Å². The molecule has 2 rings (SSSR count). The SMILES string of the molecule is CC(C)(C)c1ccc(ONOc2ccc(C(C)(C)C)cc2)cc1. The van der Waals surface area contributed by atoms with Crippen molar-refractivity contribution in [2.45, 2.75) is 52.4 Å². The number of benzene rings is 2. The molecule has 1 N–H and O–H groups in total.